The Labute approximate surface area is 84.5 Å². The molecule has 14 heavy (non-hydrogen) atoms. The lowest BCUT2D eigenvalue weighted by Gasteiger charge is -2.26. The van der Waals surface area contributed by atoms with Gasteiger partial charge in [-0.2, -0.15) is 0 Å². The molecule has 1 aromatic rings. The van der Waals surface area contributed by atoms with Crippen LogP contribution in [0.25, 0.3) is 0 Å². The van der Waals surface area contributed by atoms with Crippen LogP contribution in [0.4, 0.5) is 0 Å². The Morgan fingerprint density at radius 2 is 1.93 bits per heavy atom. The molecule has 2 heteroatoms. The van der Waals surface area contributed by atoms with E-state index in [0.29, 0.717) is 0 Å². The molecular weight excluding hydrogens is 176 g/mol. The minimum Gasteiger partial charge on any atom is -0.490 e. The van der Waals surface area contributed by atoms with Crippen molar-refractivity contribution in [3.05, 3.63) is 30.3 Å². The molecule has 0 aromatic heterocycles. The summed E-state index contributed by atoms with van der Waals surface area (Å²) in [6, 6.07) is 9.83. The van der Waals surface area contributed by atoms with E-state index in [9.17, 15) is 5.11 Å². The van der Waals surface area contributed by atoms with Gasteiger partial charge in [-0.15, -0.1) is 0 Å². The Balaban J connectivity index is 1.91. The van der Waals surface area contributed by atoms with E-state index in [1.54, 1.807) is 0 Å². The summed E-state index contributed by atoms with van der Waals surface area (Å²) in [6.45, 7) is 0. The van der Waals surface area contributed by atoms with E-state index < -0.39 is 0 Å². The van der Waals surface area contributed by atoms with Gasteiger partial charge < -0.3 is 9.84 Å². The minimum atomic E-state index is -0.169. The molecule has 2 unspecified atom stereocenters. The van der Waals surface area contributed by atoms with Gasteiger partial charge in [-0.3, -0.25) is 0 Å². The fourth-order valence-corrected chi connectivity index (χ4v) is 1.92. The van der Waals surface area contributed by atoms with Gasteiger partial charge in [-0.05, 0) is 31.4 Å². The van der Waals surface area contributed by atoms with E-state index >= 15 is 0 Å². The Morgan fingerprint density at radius 1 is 1.14 bits per heavy atom. The zero-order valence-electron chi connectivity index (χ0n) is 8.23. The molecule has 0 aliphatic heterocycles. The summed E-state index contributed by atoms with van der Waals surface area (Å²) in [7, 11) is 0. The highest BCUT2D eigenvalue weighted by Crippen LogP contribution is 2.23. The van der Waals surface area contributed by atoms with Crippen LogP contribution < -0.4 is 4.74 Å². The molecule has 1 aromatic carbocycles. The van der Waals surface area contributed by atoms with E-state index in [0.717, 1.165) is 31.4 Å². The largest absolute Gasteiger partial charge is 0.490 e. The predicted octanol–water partition coefficient (Wildman–Crippen LogP) is 2.37. The summed E-state index contributed by atoms with van der Waals surface area (Å²) in [5.74, 6) is 0.909. The predicted molar refractivity (Wildman–Crippen MR) is 55.3 cm³/mol. The van der Waals surface area contributed by atoms with Crippen molar-refractivity contribution in [2.45, 2.75) is 37.9 Å². The summed E-state index contributed by atoms with van der Waals surface area (Å²) in [5, 5.41) is 9.48. The normalized spacial score (nSPS) is 27.2. The van der Waals surface area contributed by atoms with E-state index in [1.807, 2.05) is 30.3 Å². The van der Waals surface area contributed by atoms with Gasteiger partial charge in [0.25, 0.3) is 0 Å². The summed E-state index contributed by atoms with van der Waals surface area (Å²) in [4.78, 5) is 0. The Bertz CT molecular complexity index is 271. The van der Waals surface area contributed by atoms with Gasteiger partial charge in [-0.25, -0.2) is 0 Å². The highest BCUT2D eigenvalue weighted by Gasteiger charge is 2.21. The third-order valence-electron chi connectivity index (χ3n) is 2.64. The lowest BCUT2D eigenvalue weighted by Crippen LogP contribution is -2.28. The average Bonchev–Trinajstić information content (AvgIpc) is 2.19. The SMILES string of the molecule is OC1CCCC(Oc2ccccc2)C1. The number of hydrogen-bond acceptors (Lipinski definition) is 2. The number of rotatable bonds is 2. The minimum absolute atomic E-state index is 0.169. The average molecular weight is 192 g/mol. The summed E-state index contributed by atoms with van der Waals surface area (Å²) < 4.78 is 5.77. The van der Waals surface area contributed by atoms with Crippen LogP contribution in [0.5, 0.6) is 5.75 Å². The molecule has 76 valence electrons. The number of aliphatic hydroxyl groups excluding tert-OH is 1. The van der Waals surface area contributed by atoms with Gasteiger partial charge in [0.05, 0.1) is 6.10 Å². The number of benzene rings is 1. The molecule has 1 saturated carbocycles. The molecule has 0 radical (unpaired) electrons. The molecule has 2 rings (SSSR count). The van der Waals surface area contributed by atoms with E-state index in [-0.39, 0.29) is 12.2 Å². The number of para-hydroxylation sites is 1. The molecule has 0 saturated heterocycles. The second kappa shape index (κ2) is 4.47. The summed E-state index contributed by atoms with van der Waals surface area (Å²) in [5.41, 5.74) is 0. The van der Waals surface area contributed by atoms with Gasteiger partial charge >= 0.3 is 0 Å². The number of ether oxygens (including phenoxy) is 1. The first-order valence-corrected chi connectivity index (χ1v) is 5.24. The molecule has 0 spiro atoms. The zero-order chi connectivity index (χ0) is 9.80. The van der Waals surface area contributed by atoms with Crippen molar-refractivity contribution >= 4 is 0 Å². The fraction of sp³-hybridized carbons (Fsp3) is 0.500. The van der Waals surface area contributed by atoms with Crippen LogP contribution in [0.15, 0.2) is 30.3 Å². The van der Waals surface area contributed by atoms with Crippen LogP contribution in [-0.2, 0) is 0 Å². The third kappa shape index (κ3) is 2.48. The van der Waals surface area contributed by atoms with Crippen LogP contribution in [0.2, 0.25) is 0 Å². The maximum absolute atomic E-state index is 9.48. The van der Waals surface area contributed by atoms with Gasteiger partial charge in [0.15, 0.2) is 0 Å². The van der Waals surface area contributed by atoms with Crippen molar-refractivity contribution in [2.24, 2.45) is 0 Å². The van der Waals surface area contributed by atoms with Crippen molar-refractivity contribution in [2.75, 3.05) is 0 Å². The monoisotopic (exact) mass is 192 g/mol. The fourth-order valence-electron chi connectivity index (χ4n) is 1.92. The topological polar surface area (TPSA) is 29.5 Å². The van der Waals surface area contributed by atoms with Crippen molar-refractivity contribution < 1.29 is 9.84 Å². The zero-order valence-corrected chi connectivity index (χ0v) is 8.23. The smallest absolute Gasteiger partial charge is 0.119 e. The molecule has 0 heterocycles. The Kier molecular flexibility index (Phi) is 3.04. The summed E-state index contributed by atoms with van der Waals surface area (Å²) >= 11 is 0. The van der Waals surface area contributed by atoms with Crippen LogP contribution in [-0.4, -0.2) is 17.3 Å². The maximum Gasteiger partial charge on any atom is 0.119 e. The van der Waals surface area contributed by atoms with E-state index in [1.165, 1.54) is 0 Å². The third-order valence-corrected chi connectivity index (χ3v) is 2.64. The number of hydrogen-bond donors (Lipinski definition) is 1. The molecule has 2 atom stereocenters. The van der Waals surface area contributed by atoms with Gasteiger partial charge in [0.1, 0.15) is 11.9 Å². The molecule has 0 bridgehead atoms. The van der Waals surface area contributed by atoms with Crippen molar-refractivity contribution in [3.63, 3.8) is 0 Å². The van der Waals surface area contributed by atoms with Crippen LogP contribution in [0.1, 0.15) is 25.7 Å². The van der Waals surface area contributed by atoms with Crippen molar-refractivity contribution in [1.29, 1.82) is 0 Å². The molecule has 1 aliphatic rings. The lowest BCUT2D eigenvalue weighted by atomic mass is 9.95. The van der Waals surface area contributed by atoms with Crippen molar-refractivity contribution in [1.82, 2.24) is 0 Å². The molecule has 1 fully saturated rings. The molecule has 1 N–H and O–H groups in total. The Morgan fingerprint density at radius 3 is 2.64 bits per heavy atom. The first-order valence-electron chi connectivity index (χ1n) is 5.24. The van der Waals surface area contributed by atoms with Crippen LogP contribution >= 0.6 is 0 Å². The van der Waals surface area contributed by atoms with Gasteiger partial charge in [0, 0.05) is 6.42 Å². The van der Waals surface area contributed by atoms with E-state index in [4.69, 9.17) is 4.74 Å². The van der Waals surface area contributed by atoms with Crippen molar-refractivity contribution in [3.8, 4) is 5.75 Å². The first-order chi connectivity index (χ1) is 6.84. The maximum atomic E-state index is 9.48. The highest BCUT2D eigenvalue weighted by molar-refractivity contribution is 5.21. The van der Waals surface area contributed by atoms with E-state index in [2.05, 4.69) is 0 Å². The van der Waals surface area contributed by atoms with Gasteiger partial charge in [0.2, 0.25) is 0 Å². The standard InChI is InChI=1S/C12H16O2/c13-10-5-4-8-12(9-10)14-11-6-2-1-3-7-11/h1-3,6-7,10,12-13H,4-5,8-9H2. The quantitative estimate of drug-likeness (QED) is 0.779. The molecule has 2 nitrogen and oxygen atoms in total. The second-order valence-electron chi connectivity index (χ2n) is 3.87. The Hall–Kier alpha value is -1.02. The highest BCUT2D eigenvalue weighted by atomic mass is 16.5. The van der Waals surface area contributed by atoms with Crippen LogP contribution in [0.3, 0.4) is 0 Å². The second-order valence-corrected chi connectivity index (χ2v) is 3.87. The number of aliphatic hydroxyl groups is 1. The molecular formula is C12H16O2. The first kappa shape index (κ1) is 9.53. The van der Waals surface area contributed by atoms with Crippen LogP contribution in [0, 0.1) is 0 Å². The van der Waals surface area contributed by atoms with Gasteiger partial charge in [-0.1, -0.05) is 18.2 Å². The molecule has 1 aliphatic carbocycles. The lowest BCUT2D eigenvalue weighted by molar-refractivity contribution is 0.0536. The summed E-state index contributed by atoms with van der Waals surface area (Å²) in [6.07, 6.45) is 3.85. The molecule has 0 amide bonds.